The maximum absolute atomic E-state index is 13.1. The fourth-order valence-corrected chi connectivity index (χ4v) is 5.85. The molecular weight excluding hydrogens is 430 g/mol. The topological polar surface area (TPSA) is 112 Å². The summed E-state index contributed by atoms with van der Waals surface area (Å²) in [5, 5.41) is -1.23. The first-order valence-corrected chi connectivity index (χ1v) is 12.1. The summed E-state index contributed by atoms with van der Waals surface area (Å²) in [6.45, 7) is 0.306. The van der Waals surface area contributed by atoms with E-state index in [1.54, 1.807) is 24.3 Å². The van der Waals surface area contributed by atoms with Crippen LogP contribution >= 0.6 is 0 Å². The zero-order valence-corrected chi connectivity index (χ0v) is 17.4. The van der Waals surface area contributed by atoms with Gasteiger partial charge in [0.1, 0.15) is 24.2 Å². The van der Waals surface area contributed by atoms with Crippen LogP contribution in [-0.4, -0.2) is 36.6 Å². The highest BCUT2D eigenvalue weighted by Crippen LogP contribution is 2.33. The fraction of sp³-hybridized carbons (Fsp3) is 0.200. The van der Waals surface area contributed by atoms with Crippen LogP contribution in [-0.2, 0) is 19.9 Å². The third-order valence-corrected chi connectivity index (χ3v) is 8.09. The van der Waals surface area contributed by atoms with Crippen LogP contribution in [0.1, 0.15) is 11.0 Å². The van der Waals surface area contributed by atoms with E-state index in [1.165, 1.54) is 42.7 Å². The van der Waals surface area contributed by atoms with Gasteiger partial charge in [0, 0.05) is 12.6 Å². The molecule has 0 spiro atoms. The van der Waals surface area contributed by atoms with Gasteiger partial charge in [0.25, 0.3) is 0 Å². The summed E-state index contributed by atoms with van der Waals surface area (Å²) < 4.78 is 70.4. The van der Waals surface area contributed by atoms with Gasteiger partial charge in [0.15, 0.2) is 21.3 Å². The molecule has 1 N–H and O–H groups in total. The van der Waals surface area contributed by atoms with Gasteiger partial charge < -0.3 is 13.9 Å². The fourth-order valence-electron chi connectivity index (χ4n) is 3.07. The third kappa shape index (κ3) is 4.07. The summed E-state index contributed by atoms with van der Waals surface area (Å²) in [5.41, 5.74) is 0. The number of benzene rings is 2. The Morgan fingerprint density at radius 3 is 2.27 bits per heavy atom. The smallest absolute Gasteiger partial charge is 0.240 e. The molecule has 2 heterocycles. The number of sulfone groups is 1. The van der Waals surface area contributed by atoms with Crippen molar-refractivity contribution in [3.8, 4) is 11.5 Å². The molecule has 0 saturated carbocycles. The molecule has 0 amide bonds. The van der Waals surface area contributed by atoms with Crippen LogP contribution in [0, 0.1) is 0 Å². The van der Waals surface area contributed by atoms with E-state index in [9.17, 15) is 16.8 Å². The lowest BCUT2D eigenvalue weighted by Crippen LogP contribution is -2.32. The van der Waals surface area contributed by atoms with Crippen molar-refractivity contribution < 1.29 is 30.7 Å². The zero-order valence-electron chi connectivity index (χ0n) is 15.7. The van der Waals surface area contributed by atoms with Gasteiger partial charge in [0.2, 0.25) is 10.0 Å². The monoisotopic (exact) mass is 449 g/mol. The van der Waals surface area contributed by atoms with Crippen molar-refractivity contribution in [2.75, 3.05) is 19.8 Å². The van der Waals surface area contributed by atoms with E-state index >= 15 is 0 Å². The lowest BCUT2D eigenvalue weighted by molar-refractivity contribution is 0.171. The molecular formula is C20H19NO7S2. The highest BCUT2D eigenvalue weighted by molar-refractivity contribution is 7.92. The second-order valence-electron chi connectivity index (χ2n) is 6.52. The summed E-state index contributed by atoms with van der Waals surface area (Å²) in [5.74, 6) is 0.924. The summed E-state index contributed by atoms with van der Waals surface area (Å²) >= 11 is 0. The van der Waals surface area contributed by atoms with Gasteiger partial charge in [-0.1, -0.05) is 18.2 Å². The van der Waals surface area contributed by atoms with Crippen molar-refractivity contribution in [2.45, 2.75) is 15.0 Å². The largest absolute Gasteiger partial charge is 0.486 e. The van der Waals surface area contributed by atoms with Crippen LogP contribution in [0.5, 0.6) is 11.5 Å². The summed E-state index contributed by atoms with van der Waals surface area (Å²) in [6.07, 6.45) is 1.35. The Bertz CT molecular complexity index is 1220. The summed E-state index contributed by atoms with van der Waals surface area (Å²) in [4.78, 5) is 0.0204. The zero-order chi connectivity index (χ0) is 21.2. The first-order valence-electron chi connectivity index (χ1n) is 9.09. The molecule has 0 saturated heterocycles. The molecule has 30 heavy (non-hydrogen) atoms. The Hall–Kier alpha value is -2.82. The van der Waals surface area contributed by atoms with Crippen molar-refractivity contribution in [2.24, 2.45) is 0 Å². The van der Waals surface area contributed by atoms with Gasteiger partial charge in [-0.05, 0) is 36.4 Å². The van der Waals surface area contributed by atoms with E-state index in [4.69, 9.17) is 13.9 Å². The number of ether oxygens (including phenoxy) is 2. The van der Waals surface area contributed by atoms with Crippen molar-refractivity contribution in [3.05, 3.63) is 72.7 Å². The molecule has 1 aliphatic heterocycles. The Balaban J connectivity index is 1.61. The minimum atomic E-state index is -4.01. The molecule has 0 bridgehead atoms. The highest BCUT2D eigenvalue weighted by atomic mass is 32.2. The molecule has 0 radical (unpaired) electrons. The van der Waals surface area contributed by atoms with Crippen LogP contribution in [0.4, 0.5) is 0 Å². The number of hydrogen-bond donors (Lipinski definition) is 1. The maximum atomic E-state index is 13.1. The molecule has 1 aromatic heterocycles. The standard InChI is InChI=1S/C20H19NO7S2/c22-29(23,15-5-2-1-3-6-15)20(18-7-4-10-26-18)14-21-30(24,25)16-8-9-17-19(13-16)28-12-11-27-17/h1-10,13,20-21H,11-12,14H2/t20-/m1/s1. The third-order valence-electron chi connectivity index (χ3n) is 4.59. The first-order chi connectivity index (χ1) is 14.4. The minimum absolute atomic E-state index is 0.0537. The number of furan rings is 1. The van der Waals surface area contributed by atoms with Crippen molar-refractivity contribution in [1.82, 2.24) is 4.72 Å². The van der Waals surface area contributed by atoms with Gasteiger partial charge >= 0.3 is 0 Å². The molecule has 158 valence electrons. The van der Waals surface area contributed by atoms with Crippen LogP contribution in [0.2, 0.25) is 0 Å². The number of fused-ring (bicyclic) bond motifs is 1. The first kappa shape index (κ1) is 20.5. The average molecular weight is 450 g/mol. The van der Waals surface area contributed by atoms with Gasteiger partial charge in [0.05, 0.1) is 16.1 Å². The molecule has 0 unspecified atom stereocenters. The number of nitrogens with one attached hydrogen (secondary N) is 1. The molecule has 0 fully saturated rings. The predicted octanol–water partition coefficient (Wildman–Crippen LogP) is 2.54. The second-order valence-corrected chi connectivity index (χ2v) is 10.4. The predicted molar refractivity (Wildman–Crippen MR) is 108 cm³/mol. The summed E-state index contributed by atoms with van der Waals surface area (Å²) in [7, 11) is -7.92. The Labute approximate surface area is 174 Å². The van der Waals surface area contributed by atoms with Gasteiger partial charge in [-0.2, -0.15) is 0 Å². The quantitative estimate of drug-likeness (QED) is 0.590. The summed E-state index contributed by atoms with van der Waals surface area (Å²) in [6, 6.07) is 15.1. The lowest BCUT2D eigenvalue weighted by atomic mass is 10.3. The van der Waals surface area contributed by atoms with Gasteiger partial charge in [-0.15, -0.1) is 0 Å². The van der Waals surface area contributed by atoms with Crippen LogP contribution in [0.3, 0.4) is 0 Å². The van der Waals surface area contributed by atoms with Gasteiger partial charge in [-0.25, -0.2) is 21.6 Å². The molecule has 1 aliphatic rings. The highest BCUT2D eigenvalue weighted by Gasteiger charge is 2.33. The van der Waals surface area contributed by atoms with Gasteiger partial charge in [-0.3, -0.25) is 0 Å². The molecule has 1 atom stereocenters. The van der Waals surface area contributed by atoms with E-state index in [0.29, 0.717) is 24.7 Å². The van der Waals surface area contributed by atoms with Crippen LogP contribution in [0.15, 0.2) is 81.1 Å². The molecule has 10 heteroatoms. The van der Waals surface area contributed by atoms with Crippen molar-refractivity contribution in [1.29, 1.82) is 0 Å². The Kier molecular flexibility index (Phi) is 5.54. The molecule has 8 nitrogen and oxygen atoms in total. The SMILES string of the molecule is O=S(=O)(NC[C@H](c1ccco1)S(=O)(=O)c1ccccc1)c1ccc2c(c1)OCCO2. The normalized spacial score (nSPS) is 14.9. The van der Waals surface area contributed by atoms with E-state index < -0.39 is 31.7 Å². The molecule has 0 aliphatic carbocycles. The maximum Gasteiger partial charge on any atom is 0.240 e. The Morgan fingerprint density at radius 2 is 1.57 bits per heavy atom. The van der Waals surface area contributed by atoms with Crippen LogP contribution < -0.4 is 14.2 Å². The van der Waals surface area contributed by atoms with E-state index in [0.717, 1.165) is 0 Å². The van der Waals surface area contributed by atoms with Crippen molar-refractivity contribution in [3.63, 3.8) is 0 Å². The van der Waals surface area contributed by atoms with Crippen molar-refractivity contribution >= 4 is 19.9 Å². The number of hydrogen-bond acceptors (Lipinski definition) is 7. The number of rotatable bonds is 7. The van der Waals surface area contributed by atoms with E-state index in [-0.39, 0.29) is 15.6 Å². The second kappa shape index (κ2) is 8.13. The minimum Gasteiger partial charge on any atom is -0.486 e. The molecule has 3 aromatic rings. The number of sulfonamides is 1. The average Bonchev–Trinajstić information content (AvgIpc) is 3.28. The molecule has 4 rings (SSSR count). The van der Waals surface area contributed by atoms with E-state index in [2.05, 4.69) is 4.72 Å². The molecule has 2 aromatic carbocycles. The Morgan fingerprint density at radius 1 is 0.833 bits per heavy atom. The van der Waals surface area contributed by atoms with Crippen LogP contribution in [0.25, 0.3) is 0 Å². The van der Waals surface area contributed by atoms with E-state index in [1.807, 2.05) is 0 Å². The lowest BCUT2D eigenvalue weighted by Gasteiger charge is -2.20.